The van der Waals surface area contributed by atoms with Gasteiger partial charge in [-0.3, -0.25) is 9.59 Å². The second-order valence-electron chi connectivity index (χ2n) is 6.53. The number of para-hydroxylation sites is 1. The fourth-order valence-electron chi connectivity index (χ4n) is 3.46. The number of amides is 1. The van der Waals surface area contributed by atoms with Gasteiger partial charge in [0.15, 0.2) is 0 Å². The van der Waals surface area contributed by atoms with Gasteiger partial charge in [0.2, 0.25) is 5.91 Å². The summed E-state index contributed by atoms with van der Waals surface area (Å²) in [5.41, 5.74) is 3.40. The number of benzene rings is 1. The van der Waals surface area contributed by atoms with E-state index in [1.807, 2.05) is 30.8 Å². The Morgan fingerprint density at radius 2 is 2.29 bits per heavy atom. The number of aryl methyl sites for hydroxylation is 1. The van der Waals surface area contributed by atoms with Gasteiger partial charge >= 0.3 is 5.97 Å². The van der Waals surface area contributed by atoms with E-state index in [0.29, 0.717) is 12.3 Å². The fourth-order valence-corrected chi connectivity index (χ4v) is 4.80. The van der Waals surface area contributed by atoms with Gasteiger partial charge in [-0.15, -0.1) is 0 Å². The van der Waals surface area contributed by atoms with E-state index in [2.05, 4.69) is 16.7 Å². The molecule has 1 aromatic rings. The molecular formula is C18H24N2O3S. The van der Waals surface area contributed by atoms with Crippen LogP contribution in [0.25, 0.3) is 0 Å². The third-order valence-corrected chi connectivity index (χ3v) is 6.08. The molecule has 1 fully saturated rings. The van der Waals surface area contributed by atoms with E-state index in [0.717, 1.165) is 29.2 Å². The number of carbonyl (C=O) groups excluding carboxylic acids is 2. The van der Waals surface area contributed by atoms with Crippen LogP contribution >= 0.6 is 11.8 Å². The van der Waals surface area contributed by atoms with E-state index in [1.54, 1.807) is 0 Å². The zero-order valence-electron chi connectivity index (χ0n) is 14.1. The third-order valence-electron chi connectivity index (χ3n) is 4.89. The summed E-state index contributed by atoms with van der Waals surface area (Å²) < 4.78 is 4.80. The first-order valence-electron chi connectivity index (χ1n) is 8.38. The van der Waals surface area contributed by atoms with Crippen molar-refractivity contribution in [3.63, 3.8) is 0 Å². The molecule has 0 saturated carbocycles. The molecule has 2 aliphatic heterocycles. The molecule has 3 atom stereocenters. The van der Waals surface area contributed by atoms with Crippen LogP contribution in [0.3, 0.4) is 0 Å². The van der Waals surface area contributed by atoms with E-state index in [1.165, 1.54) is 12.7 Å². The Labute approximate surface area is 146 Å². The fraction of sp³-hybridized carbons (Fsp3) is 0.556. The van der Waals surface area contributed by atoms with Crippen LogP contribution in [0.4, 0.5) is 5.69 Å². The van der Waals surface area contributed by atoms with Crippen molar-refractivity contribution in [3.05, 3.63) is 29.3 Å². The van der Waals surface area contributed by atoms with Gasteiger partial charge in [0.05, 0.1) is 13.5 Å². The minimum atomic E-state index is -0.268. The van der Waals surface area contributed by atoms with Gasteiger partial charge in [0.25, 0.3) is 0 Å². The van der Waals surface area contributed by atoms with Crippen molar-refractivity contribution < 1.29 is 14.3 Å². The van der Waals surface area contributed by atoms with Crippen molar-refractivity contribution in [2.45, 2.75) is 38.3 Å². The number of hydrogen-bond acceptors (Lipinski definition) is 5. The number of methoxy groups -OCH3 is 1. The molecule has 3 rings (SSSR count). The van der Waals surface area contributed by atoms with Crippen molar-refractivity contribution >= 4 is 29.3 Å². The van der Waals surface area contributed by atoms with E-state index in [-0.39, 0.29) is 30.4 Å². The number of nitrogens with one attached hydrogen (secondary N) is 2. The van der Waals surface area contributed by atoms with Gasteiger partial charge < -0.3 is 15.4 Å². The summed E-state index contributed by atoms with van der Waals surface area (Å²) >= 11 is 1.88. The first kappa shape index (κ1) is 17.1. The SMILES string of the molecule is COC(=O)CC(NC(=O)C1Cc2cccc(C)c2N1)C1CCSC1. The predicted octanol–water partition coefficient (Wildman–Crippen LogP) is 2.13. The molecule has 0 bridgehead atoms. The number of carbonyl (C=O) groups is 2. The van der Waals surface area contributed by atoms with Gasteiger partial charge in [0, 0.05) is 18.2 Å². The number of ether oxygens (including phenoxy) is 1. The topological polar surface area (TPSA) is 67.4 Å². The average Bonchev–Trinajstić information content (AvgIpc) is 3.24. The average molecular weight is 348 g/mol. The lowest BCUT2D eigenvalue weighted by atomic mass is 9.95. The zero-order chi connectivity index (χ0) is 17.1. The van der Waals surface area contributed by atoms with Crippen LogP contribution in [0.5, 0.6) is 0 Å². The number of hydrogen-bond donors (Lipinski definition) is 2. The standard InChI is InChI=1S/C18H24N2O3S/c1-11-4-3-5-12-8-15(19-17(11)12)18(22)20-14(9-16(21)23-2)13-6-7-24-10-13/h3-5,13-15,19H,6-10H2,1-2H3,(H,20,22). The Morgan fingerprint density at radius 3 is 2.96 bits per heavy atom. The van der Waals surface area contributed by atoms with Crippen molar-refractivity contribution in [1.29, 1.82) is 0 Å². The van der Waals surface area contributed by atoms with Gasteiger partial charge in [0.1, 0.15) is 6.04 Å². The van der Waals surface area contributed by atoms with E-state index in [9.17, 15) is 9.59 Å². The smallest absolute Gasteiger partial charge is 0.307 e. The van der Waals surface area contributed by atoms with Gasteiger partial charge in [-0.1, -0.05) is 18.2 Å². The quantitative estimate of drug-likeness (QED) is 0.798. The van der Waals surface area contributed by atoms with Crippen LogP contribution < -0.4 is 10.6 Å². The van der Waals surface area contributed by atoms with Gasteiger partial charge in [-0.2, -0.15) is 11.8 Å². The minimum Gasteiger partial charge on any atom is -0.469 e. The monoisotopic (exact) mass is 348 g/mol. The Kier molecular flexibility index (Phi) is 5.33. The Hall–Kier alpha value is -1.69. The molecule has 2 heterocycles. The zero-order valence-corrected chi connectivity index (χ0v) is 14.9. The molecule has 130 valence electrons. The maximum Gasteiger partial charge on any atom is 0.307 e. The second-order valence-corrected chi connectivity index (χ2v) is 7.68. The van der Waals surface area contributed by atoms with Crippen LogP contribution in [-0.2, 0) is 20.7 Å². The van der Waals surface area contributed by atoms with E-state index >= 15 is 0 Å². The summed E-state index contributed by atoms with van der Waals surface area (Å²) in [5.74, 6) is 2.11. The lowest BCUT2D eigenvalue weighted by Crippen LogP contribution is -2.48. The van der Waals surface area contributed by atoms with Crippen molar-refractivity contribution in [2.24, 2.45) is 5.92 Å². The Morgan fingerprint density at radius 1 is 1.46 bits per heavy atom. The molecular weight excluding hydrogens is 324 g/mol. The molecule has 0 aliphatic carbocycles. The summed E-state index contributed by atoms with van der Waals surface area (Å²) in [6.45, 7) is 2.04. The van der Waals surface area contributed by atoms with Gasteiger partial charge in [-0.25, -0.2) is 0 Å². The molecule has 1 aromatic carbocycles. The lowest BCUT2D eigenvalue weighted by molar-refractivity contribution is -0.141. The number of thioether (sulfide) groups is 1. The molecule has 2 N–H and O–H groups in total. The normalized spacial score (nSPS) is 23.2. The number of rotatable bonds is 5. The molecule has 6 heteroatoms. The molecule has 0 spiro atoms. The summed E-state index contributed by atoms with van der Waals surface area (Å²) in [7, 11) is 1.39. The van der Waals surface area contributed by atoms with Crippen LogP contribution in [-0.4, -0.2) is 42.6 Å². The van der Waals surface area contributed by atoms with Crippen molar-refractivity contribution in [2.75, 3.05) is 23.9 Å². The highest BCUT2D eigenvalue weighted by Gasteiger charge is 2.33. The largest absolute Gasteiger partial charge is 0.469 e. The number of anilines is 1. The molecule has 0 radical (unpaired) electrons. The summed E-state index contributed by atoms with van der Waals surface area (Å²) in [5, 5.41) is 6.44. The lowest BCUT2D eigenvalue weighted by Gasteiger charge is -2.25. The molecule has 5 nitrogen and oxygen atoms in total. The van der Waals surface area contributed by atoms with E-state index in [4.69, 9.17) is 4.74 Å². The second kappa shape index (κ2) is 7.47. The maximum atomic E-state index is 12.7. The Balaban J connectivity index is 1.65. The highest BCUT2D eigenvalue weighted by atomic mass is 32.2. The Bertz CT molecular complexity index is 629. The minimum absolute atomic E-state index is 0.0311. The highest BCUT2D eigenvalue weighted by molar-refractivity contribution is 7.99. The molecule has 3 unspecified atom stereocenters. The summed E-state index contributed by atoms with van der Waals surface area (Å²) in [6, 6.07) is 5.71. The number of esters is 1. The molecule has 2 aliphatic rings. The predicted molar refractivity (Wildman–Crippen MR) is 96.3 cm³/mol. The summed E-state index contributed by atoms with van der Waals surface area (Å²) in [4.78, 5) is 24.4. The maximum absolute atomic E-state index is 12.7. The van der Waals surface area contributed by atoms with Crippen LogP contribution in [0.1, 0.15) is 24.0 Å². The van der Waals surface area contributed by atoms with Crippen LogP contribution in [0.15, 0.2) is 18.2 Å². The van der Waals surface area contributed by atoms with Gasteiger partial charge in [-0.05, 0) is 41.9 Å². The molecule has 0 aromatic heterocycles. The van der Waals surface area contributed by atoms with Crippen molar-refractivity contribution in [1.82, 2.24) is 5.32 Å². The highest BCUT2D eigenvalue weighted by Crippen LogP contribution is 2.30. The first-order chi connectivity index (χ1) is 11.6. The van der Waals surface area contributed by atoms with E-state index < -0.39 is 0 Å². The number of fused-ring (bicyclic) bond motifs is 1. The molecule has 1 saturated heterocycles. The van der Waals surface area contributed by atoms with Crippen LogP contribution in [0, 0.1) is 12.8 Å². The van der Waals surface area contributed by atoms with Crippen LogP contribution in [0.2, 0.25) is 0 Å². The molecule has 24 heavy (non-hydrogen) atoms. The van der Waals surface area contributed by atoms with Crippen molar-refractivity contribution in [3.8, 4) is 0 Å². The summed E-state index contributed by atoms with van der Waals surface area (Å²) in [6.07, 6.45) is 1.96. The third kappa shape index (κ3) is 3.69. The molecule has 1 amide bonds. The first-order valence-corrected chi connectivity index (χ1v) is 9.54.